The molecule has 0 saturated heterocycles. The molecule has 0 aliphatic carbocycles. The van der Waals surface area contributed by atoms with Crippen molar-refractivity contribution >= 4 is 11.6 Å². The second kappa shape index (κ2) is 6.71. The maximum atomic E-state index is 12.7. The molecule has 9 heteroatoms. The number of benzene rings is 1. The fourth-order valence-corrected chi connectivity index (χ4v) is 3.25. The first-order chi connectivity index (χ1) is 12.6. The zero-order valence-corrected chi connectivity index (χ0v) is 15.3. The van der Waals surface area contributed by atoms with E-state index in [2.05, 4.69) is 4.74 Å². The molecule has 7 nitrogen and oxygen atoms in total. The van der Waals surface area contributed by atoms with Crippen LogP contribution in [0.15, 0.2) is 29.2 Å². The fourth-order valence-electron chi connectivity index (χ4n) is 3.25. The van der Waals surface area contributed by atoms with Crippen molar-refractivity contribution in [3.05, 3.63) is 40.4 Å². The molecule has 1 aromatic heterocycles. The average Bonchev–Trinajstić information content (AvgIpc) is 3.07. The number of imidazole rings is 1. The first-order valence-electron chi connectivity index (χ1n) is 8.47. The molecule has 1 amide bonds. The standard InChI is InChI=1S/C18H21F2N3O4/c1-18(2,3)23-15(25)10-21(17(23)26)9-14(24)22-7-6-11-4-5-12(8-13(11)22)27-16(19)20/h4-5,8,10,16,25H,6-7,9H2,1-3H3. The summed E-state index contributed by atoms with van der Waals surface area (Å²) < 4.78 is 31.6. The van der Waals surface area contributed by atoms with E-state index < -0.39 is 17.8 Å². The maximum Gasteiger partial charge on any atom is 0.387 e. The van der Waals surface area contributed by atoms with E-state index in [1.54, 1.807) is 26.8 Å². The number of carbonyl (C=O) groups excluding carboxylic acids is 1. The van der Waals surface area contributed by atoms with Crippen molar-refractivity contribution in [2.45, 2.75) is 45.9 Å². The average molecular weight is 381 g/mol. The van der Waals surface area contributed by atoms with Gasteiger partial charge in [0.15, 0.2) is 0 Å². The van der Waals surface area contributed by atoms with Gasteiger partial charge >= 0.3 is 12.3 Å². The number of fused-ring (bicyclic) bond motifs is 1. The third kappa shape index (κ3) is 3.67. The fraction of sp³-hybridized carbons (Fsp3) is 0.444. The van der Waals surface area contributed by atoms with Crippen molar-refractivity contribution in [1.82, 2.24) is 9.13 Å². The lowest BCUT2D eigenvalue weighted by molar-refractivity contribution is -0.119. The summed E-state index contributed by atoms with van der Waals surface area (Å²) >= 11 is 0. The van der Waals surface area contributed by atoms with Crippen LogP contribution in [0.2, 0.25) is 0 Å². The quantitative estimate of drug-likeness (QED) is 0.882. The monoisotopic (exact) mass is 381 g/mol. The number of rotatable bonds is 4. The molecule has 0 fully saturated rings. The molecule has 146 valence electrons. The van der Waals surface area contributed by atoms with Gasteiger partial charge in [0.05, 0.1) is 11.9 Å². The number of alkyl halides is 2. The molecule has 0 saturated carbocycles. The highest BCUT2D eigenvalue weighted by Gasteiger charge is 2.28. The van der Waals surface area contributed by atoms with Crippen LogP contribution in [0.5, 0.6) is 11.6 Å². The van der Waals surface area contributed by atoms with Crippen molar-refractivity contribution in [3.8, 4) is 11.6 Å². The van der Waals surface area contributed by atoms with E-state index in [4.69, 9.17) is 0 Å². The van der Waals surface area contributed by atoms with Gasteiger partial charge in [-0.3, -0.25) is 13.9 Å². The third-order valence-electron chi connectivity index (χ3n) is 4.39. The molecular formula is C18H21F2N3O4. The van der Waals surface area contributed by atoms with Crippen LogP contribution in [-0.2, 0) is 23.3 Å². The van der Waals surface area contributed by atoms with E-state index in [-0.39, 0.29) is 24.1 Å². The minimum Gasteiger partial charge on any atom is -0.493 e. The zero-order chi connectivity index (χ0) is 19.9. The van der Waals surface area contributed by atoms with Gasteiger partial charge in [0.25, 0.3) is 0 Å². The molecule has 0 spiro atoms. The number of aromatic nitrogens is 2. The molecule has 0 radical (unpaired) electrons. The molecule has 0 bridgehead atoms. The predicted octanol–water partition coefficient (Wildman–Crippen LogP) is 2.30. The molecule has 1 N–H and O–H groups in total. The first-order valence-corrected chi connectivity index (χ1v) is 8.47. The molecule has 3 rings (SSSR count). The summed E-state index contributed by atoms with van der Waals surface area (Å²) in [5.41, 5.74) is 0.192. The molecule has 2 heterocycles. The van der Waals surface area contributed by atoms with Crippen LogP contribution in [0.25, 0.3) is 0 Å². The summed E-state index contributed by atoms with van der Waals surface area (Å²) in [5.74, 6) is -0.636. The Morgan fingerprint density at radius 3 is 2.63 bits per heavy atom. The third-order valence-corrected chi connectivity index (χ3v) is 4.39. The molecule has 1 aliphatic heterocycles. The van der Waals surface area contributed by atoms with Crippen LogP contribution in [0.3, 0.4) is 0 Å². The number of ether oxygens (including phenoxy) is 1. The van der Waals surface area contributed by atoms with Gasteiger partial charge in [-0.25, -0.2) is 4.79 Å². The van der Waals surface area contributed by atoms with E-state index in [0.717, 1.165) is 10.1 Å². The lowest BCUT2D eigenvalue weighted by Crippen LogP contribution is -2.38. The molecule has 2 aromatic rings. The summed E-state index contributed by atoms with van der Waals surface area (Å²) in [5, 5.41) is 10.0. The Labute approximate surface area is 154 Å². The van der Waals surface area contributed by atoms with Crippen molar-refractivity contribution < 1.29 is 23.4 Å². The Morgan fingerprint density at radius 1 is 1.33 bits per heavy atom. The first kappa shape index (κ1) is 18.9. The largest absolute Gasteiger partial charge is 0.493 e. The van der Waals surface area contributed by atoms with E-state index in [0.29, 0.717) is 18.7 Å². The molecular weight excluding hydrogens is 360 g/mol. The van der Waals surface area contributed by atoms with Gasteiger partial charge in [-0.05, 0) is 38.8 Å². The van der Waals surface area contributed by atoms with Gasteiger partial charge in [0.1, 0.15) is 12.3 Å². The Hall–Kier alpha value is -2.84. The molecule has 0 unspecified atom stereocenters. The van der Waals surface area contributed by atoms with E-state index in [9.17, 15) is 23.5 Å². The second-order valence-electron chi connectivity index (χ2n) is 7.37. The van der Waals surface area contributed by atoms with Crippen LogP contribution in [-0.4, -0.2) is 33.3 Å². The Morgan fingerprint density at radius 2 is 2.04 bits per heavy atom. The number of nitrogens with zero attached hydrogens (tertiary/aromatic N) is 3. The number of amides is 1. The Bertz CT molecular complexity index is 928. The van der Waals surface area contributed by atoms with Crippen LogP contribution < -0.4 is 15.3 Å². The summed E-state index contributed by atoms with van der Waals surface area (Å²) in [6.07, 6.45) is 1.80. The minimum atomic E-state index is -2.95. The SMILES string of the molecule is CC(C)(C)n1c(O)cn(CC(=O)N2CCc3ccc(OC(F)F)cc32)c1=O. The smallest absolute Gasteiger partial charge is 0.387 e. The molecule has 0 atom stereocenters. The minimum absolute atomic E-state index is 0.0304. The Balaban J connectivity index is 1.85. The normalized spacial score (nSPS) is 13.9. The van der Waals surface area contributed by atoms with Crippen molar-refractivity contribution in [2.75, 3.05) is 11.4 Å². The molecule has 1 aromatic carbocycles. The van der Waals surface area contributed by atoms with E-state index >= 15 is 0 Å². The highest BCUT2D eigenvalue weighted by molar-refractivity contribution is 5.95. The lowest BCUT2D eigenvalue weighted by atomic mass is 10.1. The summed E-state index contributed by atoms with van der Waals surface area (Å²) in [4.78, 5) is 26.7. The van der Waals surface area contributed by atoms with Gasteiger partial charge in [0, 0.05) is 18.2 Å². The zero-order valence-electron chi connectivity index (χ0n) is 15.3. The maximum absolute atomic E-state index is 12.7. The molecule has 1 aliphatic rings. The van der Waals surface area contributed by atoms with E-state index in [1.807, 2.05) is 0 Å². The van der Waals surface area contributed by atoms with Gasteiger partial charge in [-0.1, -0.05) is 6.07 Å². The van der Waals surface area contributed by atoms with Crippen LogP contribution >= 0.6 is 0 Å². The van der Waals surface area contributed by atoms with Gasteiger partial charge in [-0.15, -0.1) is 0 Å². The highest BCUT2D eigenvalue weighted by Crippen LogP contribution is 2.32. The van der Waals surface area contributed by atoms with Gasteiger partial charge < -0.3 is 14.7 Å². The van der Waals surface area contributed by atoms with Crippen LogP contribution in [0, 0.1) is 0 Å². The topological polar surface area (TPSA) is 76.7 Å². The van der Waals surface area contributed by atoms with E-state index in [1.165, 1.54) is 27.8 Å². The van der Waals surface area contributed by atoms with Crippen LogP contribution in [0.1, 0.15) is 26.3 Å². The van der Waals surface area contributed by atoms with Crippen molar-refractivity contribution in [2.24, 2.45) is 0 Å². The van der Waals surface area contributed by atoms with Gasteiger partial charge in [-0.2, -0.15) is 8.78 Å². The summed E-state index contributed by atoms with van der Waals surface area (Å²) in [6, 6.07) is 4.48. The Kier molecular flexibility index (Phi) is 4.71. The number of carbonyl (C=O) groups is 1. The second-order valence-corrected chi connectivity index (χ2v) is 7.37. The molecule has 27 heavy (non-hydrogen) atoms. The van der Waals surface area contributed by atoms with Crippen molar-refractivity contribution in [1.29, 1.82) is 0 Å². The van der Waals surface area contributed by atoms with Gasteiger partial charge in [0.2, 0.25) is 11.8 Å². The number of anilines is 1. The predicted molar refractivity (Wildman–Crippen MR) is 94.5 cm³/mol. The van der Waals surface area contributed by atoms with Crippen molar-refractivity contribution in [3.63, 3.8) is 0 Å². The van der Waals surface area contributed by atoms with Crippen LogP contribution in [0.4, 0.5) is 14.5 Å². The highest BCUT2D eigenvalue weighted by atomic mass is 19.3. The summed E-state index contributed by atoms with van der Waals surface area (Å²) in [7, 11) is 0. The summed E-state index contributed by atoms with van der Waals surface area (Å²) in [6.45, 7) is 2.46. The number of hydrogen-bond acceptors (Lipinski definition) is 4. The lowest BCUT2D eigenvalue weighted by Gasteiger charge is -2.20. The number of hydrogen-bond donors (Lipinski definition) is 1. The number of aromatic hydroxyl groups is 1. The number of halogens is 2.